The van der Waals surface area contributed by atoms with Crippen LogP contribution in [0.4, 0.5) is 4.39 Å². The lowest BCUT2D eigenvalue weighted by Gasteiger charge is -2.02. The van der Waals surface area contributed by atoms with Crippen LogP contribution in [0.25, 0.3) is 5.69 Å². The number of nitrogens with zero attached hydrogens (tertiary/aromatic N) is 6. The molecule has 3 rings (SSSR count). The smallest absolute Gasteiger partial charge is 0.148 e. The van der Waals surface area contributed by atoms with Crippen LogP contribution in [0.2, 0.25) is 0 Å². The van der Waals surface area contributed by atoms with Gasteiger partial charge in [0.05, 0.1) is 12.7 Å². The maximum atomic E-state index is 13.7. The molecule has 1 aromatic carbocycles. The van der Waals surface area contributed by atoms with Gasteiger partial charge in [-0.05, 0) is 18.2 Å². The Labute approximate surface area is 116 Å². The molecule has 0 aliphatic heterocycles. The normalized spacial score (nSPS) is 10.8. The summed E-state index contributed by atoms with van der Waals surface area (Å²) in [6.45, 7) is 0.440. The van der Waals surface area contributed by atoms with Crippen molar-refractivity contribution in [3.8, 4) is 5.69 Å². The lowest BCUT2D eigenvalue weighted by Crippen LogP contribution is -2.00. The molecule has 0 amide bonds. The Hall–Kier alpha value is -2.09. The van der Waals surface area contributed by atoms with Gasteiger partial charge in [-0.2, -0.15) is 5.10 Å². The minimum Gasteiger partial charge on any atom is -0.247 e. The number of aromatic nitrogens is 6. The van der Waals surface area contributed by atoms with E-state index in [2.05, 4.69) is 36.3 Å². The maximum Gasteiger partial charge on any atom is 0.148 e. The van der Waals surface area contributed by atoms with E-state index in [0.717, 1.165) is 4.47 Å². The molecule has 96 valence electrons. The van der Waals surface area contributed by atoms with Gasteiger partial charge in [0.15, 0.2) is 0 Å². The molecule has 6 nitrogen and oxygen atoms in total. The first-order valence-corrected chi connectivity index (χ1v) is 6.21. The topological polar surface area (TPSA) is 61.4 Å². The van der Waals surface area contributed by atoms with Gasteiger partial charge >= 0.3 is 0 Å². The summed E-state index contributed by atoms with van der Waals surface area (Å²) in [5.74, 6) is -0.361. The van der Waals surface area contributed by atoms with Crippen LogP contribution in [0.5, 0.6) is 0 Å². The molecule has 2 heterocycles. The highest BCUT2D eigenvalue weighted by Crippen LogP contribution is 2.18. The third-order valence-electron chi connectivity index (χ3n) is 2.49. The third-order valence-corrected chi connectivity index (χ3v) is 2.98. The average Bonchev–Trinajstić information content (AvgIpc) is 3.04. The van der Waals surface area contributed by atoms with E-state index in [4.69, 9.17) is 0 Å². The lowest BCUT2D eigenvalue weighted by atomic mass is 10.3. The first-order valence-electron chi connectivity index (χ1n) is 5.41. The molecule has 0 radical (unpaired) electrons. The van der Waals surface area contributed by atoms with Crippen molar-refractivity contribution >= 4 is 15.9 Å². The highest BCUT2D eigenvalue weighted by Gasteiger charge is 2.09. The number of hydrogen-bond donors (Lipinski definition) is 0. The molecule has 0 fully saturated rings. The van der Waals surface area contributed by atoms with Crippen LogP contribution >= 0.6 is 15.9 Å². The SMILES string of the molecule is Fc1ccc(Br)cc1-n1cc(Cn2cncn2)nn1. The molecule has 8 heteroatoms. The molecular formula is C11H8BrFN6. The number of benzene rings is 1. The van der Waals surface area contributed by atoms with Gasteiger partial charge in [-0.3, -0.25) is 0 Å². The van der Waals surface area contributed by atoms with Gasteiger partial charge in [0.1, 0.15) is 29.9 Å². The van der Waals surface area contributed by atoms with Gasteiger partial charge in [-0.1, -0.05) is 21.1 Å². The van der Waals surface area contributed by atoms with E-state index in [0.29, 0.717) is 17.9 Å². The summed E-state index contributed by atoms with van der Waals surface area (Å²) in [4.78, 5) is 3.84. The minimum absolute atomic E-state index is 0.340. The fourth-order valence-electron chi connectivity index (χ4n) is 1.63. The molecule has 0 unspecified atom stereocenters. The number of hydrogen-bond acceptors (Lipinski definition) is 4. The van der Waals surface area contributed by atoms with Crippen LogP contribution in [0.15, 0.2) is 41.5 Å². The minimum atomic E-state index is -0.361. The van der Waals surface area contributed by atoms with Crippen LogP contribution in [-0.4, -0.2) is 29.8 Å². The zero-order chi connectivity index (χ0) is 13.2. The van der Waals surface area contributed by atoms with Crippen molar-refractivity contribution in [1.82, 2.24) is 29.8 Å². The Morgan fingerprint density at radius 3 is 3.00 bits per heavy atom. The Morgan fingerprint density at radius 2 is 2.21 bits per heavy atom. The predicted molar refractivity (Wildman–Crippen MR) is 68.1 cm³/mol. The monoisotopic (exact) mass is 322 g/mol. The summed E-state index contributed by atoms with van der Waals surface area (Å²) >= 11 is 3.30. The van der Waals surface area contributed by atoms with Gasteiger partial charge in [-0.25, -0.2) is 18.7 Å². The van der Waals surface area contributed by atoms with E-state index in [1.807, 2.05) is 0 Å². The van der Waals surface area contributed by atoms with Crippen LogP contribution < -0.4 is 0 Å². The van der Waals surface area contributed by atoms with Gasteiger partial charge < -0.3 is 0 Å². The average molecular weight is 323 g/mol. The molecule has 0 aliphatic rings. The predicted octanol–water partition coefficient (Wildman–Crippen LogP) is 1.81. The summed E-state index contributed by atoms with van der Waals surface area (Å²) in [5, 5.41) is 11.9. The quantitative estimate of drug-likeness (QED) is 0.737. The van der Waals surface area contributed by atoms with Crippen molar-refractivity contribution < 1.29 is 4.39 Å². The van der Waals surface area contributed by atoms with E-state index < -0.39 is 0 Å². The summed E-state index contributed by atoms with van der Waals surface area (Å²) < 4.78 is 17.5. The largest absolute Gasteiger partial charge is 0.247 e. The van der Waals surface area contributed by atoms with Gasteiger partial charge in [-0.15, -0.1) is 5.10 Å². The van der Waals surface area contributed by atoms with E-state index in [1.54, 1.807) is 29.3 Å². The van der Waals surface area contributed by atoms with Crippen molar-refractivity contribution in [2.75, 3.05) is 0 Å². The molecule has 0 saturated heterocycles. The molecular weight excluding hydrogens is 315 g/mol. The van der Waals surface area contributed by atoms with Crippen molar-refractivity contribution in [3.05, 3.63) is 53.0 Å². The molecule has 0 atom stereocenters. The Morgan fingerprint density at radius 1 is 1.32 bits per heavy atom. The highest BCUT2D eigenvalue weighted by molar-refractivity contribution is 9.10. The maximum absolute atomic E-state index is 13.7. The number of halogens is 2. The molecule has 0 saturated carbocycles. The number of rotatable bonds is 3. The molecule has 2 aromatic heterocycles. The molecule has 0 bridgehead atoms. The molecule has 3 aromatic rings. The Balaban J connectivity index is 1.90. The van der Waals surface area contributed by atoms with Crippen LogP contribution in [-0.2, 0) is 6.54 Å². The molecule has 0 aliphatic carbocycles. The fraction of sp³-hybridized carbons (Fsp3) is 0.0909. The van der Waals surface area contributed by atoms with E-state index in [-0.39, 0.29) is 5.82 Å². The van der Waals surface area contributed by atoms with Crippen molar-refractivity contribution in [1.29, 1.82) is 0 Å². The summed E-state index contributed by atoms with van der Waals surface area (Å²) in [6, 6.07) is 4.65. The second-order valence-corrected chi connectivity index (χ2v) is 4.76. The van der Waals surface area contributed by atoms with Crippen molar-refractivity contribution in [2.24, 2.45) is 0 Å². The summed E-state index contributed by atoms with van der Waals surface area (Å²) in [7, 11) is 0. The van der Waals surface area contributed by atoms with E-state index in [9.17, 15) is 4.39 Å². The molecule has 19 heavy (non-hydrogen) atoms. The van der Waals surface area contributed by atoms with Crippen molar-refractivity contribution in [2.45, 2.75) is 6.54 Å². The second kappa shape index (κ2) is 4.88. The Bertz CT molecular complexity index is 693. The van der Waals surface area contributed by atoms with Gasteiger partial charge in [0.2, 0.25) is 0 Å². The zero-order valence-electron chi connectivity index (χ0n) is 9.61. The van der Waals surface area contributed by atoms with Crippen LogP contribution in [0.1, 0.15) is 5.69 Å². The standard InChI is InChI=1S/C11H8BrFN6/c12-8-1-2-10(13)11(3-8)19-5-9(16-17-19)4-18-7-14-6-15-18/h1-3,5-7H,4H2. The fourth-order valence-corrected chi connectivity index (χ4v) is 1.98. The van der Waals surface area contributed by atoms with E-state index in [1.165, 1.54) is 17.1 Å². The summed E-state index contributed by atoms with van der Waals surface area (Å²) in [5.41, 5.74) is 1.01. The van der Waals surface area contributed by atoms with Gasteiger partial charge in [0, 0.05) is 4.47 Å². The molecule has 0 spiro atoms. The highest BCUT2D eigenvalue weighted by atomic mass is 79.9. The third kappa shape index (κ3) is 2.53. The van der Waals surface area contributed by atoms with Crippen molar-refractivity contribution in [3.63, 3.8) is 0 Å². The van der Waals surface area contributed by atoms with E-state index >= 15 is 0 Å². The first kappa shape index (κ1) is 12.0. The van der Waals surface area contributed by atoms with Crippen LogP contribution in [0.3, 0.4) is 0 Å². The van der Waals surface area contributed by atoms with Crippen LogP contribution in [0, 0.1) is 5.82 Å². The second-order valence-electron chi connectivity index (χ2n) is 3.84. The first-order chi connectivity index (χ1) is 9.22. The lowest BCUT2D eigenvalue weighted by molar-refractivity contribution is 0.606. The zero-order valence-corrected chi connectivity index (χ0v) is 11.2. The Kier molecular flexibility index (Phi) is 3.08. The molecule has 0 N–H and O–H groups in total. The van der Waals surface area contributed by atoms with Gasteiger partial charge in [0.25, 0.3) is 0 Å². The summed E-state index contributed by atoms with van der Waals surface area (Å²) in [6.07, 6.45) is 4.68.